The molecule has 1 aromatic carbocycles. The van der Waals surface area contributed by atoms with Crippen LogP contribution in [0.2, 0.25) is 5.02 Å². The van der Waals surface area contributed by atoms with Gasteiger partial charge in [-0.1, -0.05) is 30.9 Å². The third-order valence-electron chi connectivity index (χ3n) is 7.38. The van der Waals surface area contributed by atoms with E-state index in [9.17, 15) is 28.1 Å². The third-order valence-corrected chi connectivity index (χ3v) is 9.09. The van der Waals surface area contributed by atoms with Crippen LogP contribution in [-0.2, 0) is 30.8 Å². The molecule has 16 heteroatoms. The Morgan fingerprint density at radius 2 is 2.00 bits per heavy atom. The van der Waals surface area contributed by atoms with Gasteiger partial charge in [-0.3, -0.25) is 15.0 Å². The second-order valence-electron chi connectivity index (χ2n) is 11.5. The average Bonchev–Trinajstić information content (AvgIpc) is 2.88. The second-order valence-corrected chi connectivity index (χ2v) is 13.6. The quantitative estimate of drug-likeness (QED) is 0.0571. The number of anilines is 1. The Bertz CT molecular complexity index is 1280. The Hall–Kier alpha value is -3.17. The molecule has 42 heavy (non-hydrogen) atoms. The molecule has 2 aliphatic rings. The van der Waals surface area contributed by atoms with Crippen LogP contribution >= 0.6 is 11.6 Å². The molecular formula is C26H40ClN7O7S. The van der Waals surface area contributed by atoms with Crippen molar-refractivity contribution < 1.29 is 27.8 Å². The number of piperidine rings is 1. The standard InChI is InChI=1S/C26H40ClN7O7S/c1-17(35)41-12-8-18-6-10-33(11-7-18)24(36)21(5-4-9-29-25(28)31-34(37)38)32-42(39,40)22-14-20(27)13-19-15-26(2,3)16-30-23(19)22/h13-14,18,21,30,32H,4-12,15-16H2,1-3H3,(H3,28,29,31). The predicted molar refractivity (Wildman–Crippen MR) is 157 cm³/mol. The van der Waals surface area contributed by atoms with Gasteiger partial charge in [-0.25, -0.2) is 18.5 Å². The highest BCUT2D eigenvalue weighted by atomic mass is 35.5. The number of hydrogen-bond acceptors (Lipinski definition) is 9. The first kappa shape index (κ1) is 33.3. The van der Waals surface area contributed by atoms with Crippen molar-refractivity contribution in [3.63, 3.8) is 0 Å². The van der Waals surface area contributed by atoms with E-state index in [0.29, 0.717) is 57.6 Å². The number of halogens is 1. The Morgan fingerprint density at radius 3 is 2.64 bits per heavy atom. The van der Waals surface area contributed by atoms with E-state index in [-0.39, 0.29) is 52.5 Å². The van der Waals surface area contributed by atoms with E-state index in [0.717, 1.165) is 5.56 Å². The summed E-state index contributed by atoms with van der Waals surface area (Å²) in [7, 11) is -4.20. The summed E-state index contributed by atoms with van der Waals surface area (Å²) < 4.78 is 35.1. The molecule has 5 N–H and O–H groups in total. The van der Waals surface area contributed by atoms with Crippen molar-refractivity contribution in [2.45, 2.75) is 70.2 Å². The average molecular weight is 630 g/mol. The molecule has 1 unspecified atom stereocenters. The summed E-state index contributed by atoms with van der Waals surface area (Å²) in [5.41, 5.74) is 2.83. The first-order valence-corrected chi connectivity index (χ1v) is 15.8. The molecule has 1 amide bonds. The Labute approximate surface area is 250 Å². The van der Waals surface area contributed by atoms with Crippen LogP contribution in [0.4, 0.5) is 5.69 Å². The number of guanidine groups is 1. The monoisotopic (exact) mass is 629 g/mol. The summed E-state index contributed by atoms with van der Waals surface area (Å²) in [4.78, 5) is 36.8. The number of nitro groups is 1. The van der Waals surface area contributed by atoms with Crippen molar-refractivity contribution >= 4 is 45.1 Å². The summed E-state index contributed by atoms with van der Waals surface area (Å²) >= 11 is 6.33. The Morgan fingerprint density at radius 1 is 1.31 bits per heavy atom. The molecular weight excluding hydrogens is 590 g/mol. The summed E-state index contributed by atoms with van der Waals surface area (Å²) in [6, 6.07) is 2.01. The lowest BCUT2D eigenvalue weighted by Gasteiger charge is -2.35. The lowest BCUT2D eigenvalue weighted by Crippen LogP contribution is -2.51. The van der Waals surface area contributed by atoms with Gasteiger partial charge in [0.1, 0.15) is 10.9 Å². The van der Waals surface area contributed by atoms with Crippen LogP contribution < -0.4 is 20.8 Å². The molecule has 0 spiro atoms. The molecule has 2 heterocycles. The molecule has 2 aliphatic heterocycles. The molecule has 3 rings (SSSR count). The number of carbonyl (C=O) groups is 2. The second kappa shape index (κ2) is 14.3. The van der Waals surface area contributed by atoms with Crippen molar-refractivity contribution in [1.29, 1.82) is 5.41 Å². The van der Waals surface area contributed by atoms with Crippen molar-refractivity contribution in [3.05, 3.63) is 32.8 Å². The van der Waals surface area contributed by atoms with Gasteiger partial charge in [0.05, 0.1) is 12.3 Å². The number of carbonyl (C=O) groups excluding carboxylic acids is 2. The van der Waals surface area contributed by atoms with Gasteiger partial charge in [-0.2, -0.15) is 4.72 Å². The minimum Gasteiger partial charge on any atom is -0.466 e. The van der Waals surface area contributed by atoms with E-state index in [1.807, 2.05) is 0 Å². The first-order chi connectivity index (χ1) is 19.7. The number of benzene rings is 1. The zero-order chi connectivity index (χ0) is 31.1. The maximum absolute atomic E-state index is 13.7. The number of nitrogens with one attached hydrogen (secondary N) is 5. The van der Waals surface area contributed by atoms with E-state index in [1.165, 1.54) is 13.0 Å². The number of nitrogens with zero attached hydrogens (tertiary/aromatic N) is 2. The molecule has 1 atom stereocenters. The minimum atomic E-state index is -4.20. The van der Waals surface area contributed by atoms with Crippen LogP contribution in [-0.4, -0.2) is 75.0 Å². The van der Waals surface area contributed by atoms with Crippen LogP contribution in [0, 0.1) is 26.9 Å². The molecule has 0 bridgehead atoms. The number of fused-ring (bicyclic) bond motifs is 1. The van der Waals surface area contributed by atoms with Gasteiger partial charge in [-0.15, -0.1) is 0 Å². The fourth-order valence-electron chi connectivity index (χ4n) is 5.26. The lowest BCUT2D eigenvalue weighted by atomic mass is 9.82. The highest BCUT2D eigenvalue weighted by Gasteiger charge is 2.35. The van der Waals surface area contributed by atoms with E-state index in [4.69, 9.17) is 21.7 Å². The summed E-state index contributed by atoms with van der Waals surface area (Å²) in [5.74, 6) is -0.947. The zero-order valence-corrected chi connectivity index (χ0v) is 25.7. The van der Waals surface area contributed by atoms with Crippen LogP contribution in [0.3, 0.4) is 0 Å². The smallest absolute Gasteiger partial charge is 0.302 e. The molecule has 1 aromatic rings. The topological polar surface area (TPSA) is 196 Å². The predicted octanol–water partition coefficient (Wildman–Crippen LogP) is 2.26. The summed E-state index contributed by atoms with van der Waals surface area (Å²) in [6.07, 6.45) is 3.05. The molecule has 0 saturated carbocycles. The van der Waals surface area contributed by atoms with E-state index in [2.05, 4.69) is 29.2 Å². The van der Waals surface area contributed by atoms with E-state index >= 15 is 0 Å². The van der Waals surface area contributed by atoms with Crippen LogP contribution in [0.15, 0.2) is 17.0 Å². The van der Waals surface area contributed by atoms with Crippen molar-refractivity contribution in [1.82, 2.24) is 20.4 Å². The highest BCUT2D eigenvalue weighted by molar-refractivity contribution is 7.89. The van der Waals surface area contributed by atoms with Crippen molar-refractivity contribution in [3.8, 4) is 0 Å². The van der Waals surface area contributed by atoms with Gasteiger partial charge in [0.15, 0.2) is 5.03 Å². The minimum absolute atomic E-state index is 0.0300. The van der Waals surface area contributed by atoms with Crippen LogP contribution in [0.25, 0.3) is 0 Å². The number of hydrazine groups is 1. The number of amides is 1. The highest BCUT2D eigenvalue weighted by Crippen LogP contribution is 2.38. The lowest BCUT2D eigenvalue weighted by molar-refractivity contribution is -0.525. The number of sulfonamides is 1. The largest absolute Gasteiger partial charge is 0.466 e. The molecule has 1 fully saturated rings. The van der Waals surface area contributed by atoms with Crippen LogP contribution in [0.1, 0.15) is 58.4 Å². The van der Waals surface area contributed by atoms with Gasteiger partial charge >= 0.3 is 5.97 Å². The SMILES string of the molecule is CC(=O)OCCC1CCN(C(=O)C(CCCNC(=N)N[N+](=O)[O-])NS(=O)(=O)c2cc(Cl)cc3c2NCC(C)(C)C3)CC1. The molecule has 14 nitrogen and oxygen atoms in total. The maximum atomic E-state index is 13.7. The molecule has 0 aliphatic carbocycles. The number of rotatable bonds is 12. The number of ether oxygens (including phenoxy) is 1. The molecule has 1 saturated heterocycles. The van der Waals surface area contributed by atoms with Gasteiger partial charge < -0.3 is 20.3 Å². The fraction of sp³-hybridized carbons (Fsp3) is 0.654. The number of hydrogen-bond donors (Lipinski definition) is 5. The van der Waals surface area contributed by atoms with Gasteiger partial charge in [0, 0.05) is 38.1 Å². The zero-order valence-electron chi connectivity index (χ0n) is 24.1. The summed E-state index contributed by atoms with van der Waals surface area (Å²) in [5, 5.41) is 23.2. The number of esters is 1. The Balaban J connectivity index is 1.75. The summed E-state index contributed by atoms with van der Waals surface area (Å²) in [6.45, 7) is 7.34. The molecule has 0 aromatic heterocycles. The van der Waals surface area contributed by atoms with Crippen molar-refractivity contribution in [2.24, 2.45) is 11.3 Å². The number of likely N-dealkylation sites (tertiary alicyclic amines) is 1. The maximum Gasteiger partial charge on any atom is 0.302 e. The van der Waals surface area contributed by atoms with Gasteiger partial charge in [0.25, 0.3) is 5.96 Å². The van der Waals surface area contributed by atoms with E-state index < -0.39 is 27.1 Å². The van der Waals surface area contributed by atoms with Crippen LogP contribution in [0.5, 0.6) is 0 Å². The fourth-order valence-corrected chi connectivity index (χ4v) is 7.04. The van der Waals surface area contributed by atoms with Gasteiger partial charge in [-0.05, 0) is 67.6 Å². The normalized spacial score (nSPS) is 17.4. The van der Waals surface area contributed by atoms with E-state index in [1.54, 1.807) is 16.4 Å². The third kappa shape index (κ3) is 9.70. The van der Waals surface area contributed by atoms with Crippen molar-refractivity contribution in [2.75, 3.05) is 38.1 Å². The Kier molecular flexibility index (Phi) is 11.4. The molecule has 0 radical (unpaired) electrons. The first-order valence-electron chi connectivity index (χ1n) is 13.9. The van der Waals surface area contributed by atoms with Gasteiger partial charge in [0.2, 0.25) is 15.9 Å². The molecule has 234 valence electrons.